The van der Waals surface area contributed by atoms with E-state index in [2.05, 4.69) is 5.32 Å². The Morgan fingerprint density at radius 2 is 1.90 bits per heavy atom. The standard InChI is InChI=1S/C20H21N3O6S/c1-12-15(20(26)29-2)18(30-16(12)19(25)22-9-4-3-5-10-22)21-17(24)13-7-6-8-14(11-13)23(27)28/h6-8,11H,3-5,9-10H2,1-2H3,(H,21,24). The highest BCUT2D eigenvalue weighted by atomic mass is 32.1. The zero-order valence-corrected chi connectivity index (χ0v) is 17.4. The molecule has 30 heavy (non-hydrogen) atoms. The van der Waals surface area contributed by atoms with E-state index >= 15 is 0 Å². The number of hydrogen-bond acceptors (Lipinski definition) is 7. The van der Waals surface area contributed by atoms with Gasteiger partial charge in [-0.1, -0.05) is 6.07 Å². The van der Waals surface area contributed by atoms with Gasteiger partial charge in [0.05, 0.1) is 22.5 Å². The molecule has 0 bridgehead atoms. The second kappa shape index (κ2) is 9.04. The zero-order valence-electron chi connectivity index (χ0n) is 16.6. The molecule has 1 aliphatic heterocycles. The Bertz CT molecular complexity index is 1010. The first-order valence-corrected chi connectivity index (χ1v) is 10.2. The van der Waals surface area contributed by atoms with Gasteiger partial charge in [-0.25, -0.2) is 4.79 Å². The van der Waals surface area contributed by atoms with Gasteiger partial charge in [0.1, 0.15) is 5.00 Å². The first-order valence-electron chi connectivity index (χ1n) is 9.40. The summed E-state index contributed by atoms with van der Waals surface area (Å²) in [6, 6.07) is 5.26. The molecular weight excluding hydrogens is 410 g/mol. The average molecular weight is 431 g/mol. The van der Waals surface area contributed by atoms with Crippen LogP contribution in [-0.2, 0) is 4.74 Å². The number of ether oxygens (including phenoxy) is 1. The lowest BCUT2D eigenvalue weighted by Crippen LogP contribution is -2.35. The topological polar surface area (TPSA) is 119 Å². The second-order valence-corrected chi connectivity index (χ2v) is 7.89. The van der Waals surface area contributed by atoms with Crippen molar-refractivity contribution in [2.24, 2.45) is 0 Å². The molecule has 0 radical (unpaired) electrons. The molecule has 1 fully saturated rings. The number of anilines is 1. The normalized spacial score (nSPS) is 13.6. The molecule has 0 saturated carbocycles. The predicted molar refractivity (Wildman–Crippen MR) is 111 cm³/mol. The number of carbonyl (C=O) groups excluding carboxylic acids is 3. The quantitative estimate of drug-likeness (QED) is 0.439. The Labute approximate surface area is 176 Å². The van der Waals surface area contributed by atoms with Crippen LogP contribution in [0.5, 0.6) is 0 Å². The molecule has 9 nitrogen and oxygen atoms in total. The monoisotopic (exact) mass is 431 g/mol. The maximum Gasteiger partial charge on any atom is 0.341 e. The fourth-order valence-electron chi connectivity index (χ4n) is 3.33. The number of rotatable bonds is 5. The number of carbonyl (C=O) groups is 3. The van der Waals surface area contributed by atoms with Crippen molar-refractivity contribution < 1.29 is 24.0 Å². The SMILES string of the molecule is COC(=O)c1c(NC(=O)c2cccc([N+](=O)[O-])c2)sc(C(=O)N2CCCCC2)c1C. The van der Waals surface area contributed by atoms with Crippen molar-refractivity contribution in [2.75, 3.05) is 25.5 Å². The van der Waals surface area contributed by atoms with Crippen molar-refractivity contribution in [2.45, 2.75) is 26.2 Å². The number of non-ortho nitro benzene ring substituents is 1. The molecule has 1 aromatic heterocycles. The van der Waals surface area contributed by atoms with Crippen LogP contribution in [0.25, 0.3) is 0 Å². The van der Waals surface area contributed by atoms with E-state index in [0.717, 1.165) is 36.7 Å². The lowest BCUT2D eigenvalue weighted by atomic mass is 10.1. The highest BCUT2D eigenvalue weighted by Gasteiger charge is 2.29. The van der Waals surface area contributed by atoms with Crippen LogP contribution >= 0.6 is 11.3 Å². The molecule has 3 rings (SSSR count). The number of thiophene rings is 1. The average Bonchev–Trinajstić information content (AvgIpc) is 3.08. The van der Waals surface area contributed by atoms with Crippen LogP contribution in [0.4, 0.5) is 10.7 Å². The molecule has 0 spiro atoms. The van der Waals surface area contributed by atoms with Crippen LogP contribution in [0.15, 0.2) is 24.3 Å². The summed E-state index contributed by atoms with van der Waals surface area (Å²) in [6.07, 6.45) is 2.93. The summed E-state index contributed by atoms with van der Waals surface area (Å²) in [4.78, 5) is 50.5. The molecule has 0 aliphatic carbocycles. The molecule has 0 unspecified atom stereocenters. The van der Waals surface area contributed by atoms with Crippen molar-refractivity contribution in [1.29, 1.82) is 0 Å². The van der Waals surface area contributed by atoms with Crippen molar-refractivity contribution >= 4 is 39.8 Å². The van der Waals surface area contributed by atoms with E-state index in [-0.39, 0.29) is 27.7 Å². The van der Waals surface area contributed by atoms with Crippen LogP contribution in [0.2, 0.25) is 0 Å². The van der Waals surface area contributed by atoms with Gasteiger partial charge in [-0.05, 0) is 37.8 Å². The number of nitro groups is 1. The number of nitrogens with zero attached hydrogens (tertiary/aromatic N) is 2. The Morgan fingerprint density at radius 1 is 1.20 bits per heavy atom. The van der Waals surface area contributed by atoms with E-state index < -0.39 is 16.8 Å². The smallest absolute Gasteiger partial charge is 0.341 e. The molecule has 2 amide bonds. The summed E-state index contributed by atoms with van der Waals surface area (Å²) in [6.45, 7) is 2.95. The number of amides is 2. The van der Waals surface area contributed by atoms with Crippen molar-refractivity contribution in [3.05, 3.63) is 55.9 Å². The van der Waals surface area contributed by atoms with E-state index in [1.54, 1.807) is 11.8 Å². The largest absolute Gasteiger partial charge is 0.465 e. The number of nitrogens with one attached hydrogen (secondary N) is 1. The van der Waals surface area contributed by atoms with E-state index in [1.807, 2.05) is 0 Å². The Balaban J connectivity index is 1.94. The molecule has 0 atom stereocenters. The molecule has 1 aliphatic rings. The van der Waals surface area contributed by atoms with Gasteiger partial charge >= 0.3 is 5.97 Å². The van der Waals surface area contributed by atoms with Crippen LogP contribution < -0.4 is 5.32 Å². The summed E-state index contributed by atoms with van der Waals surface area (Å²) in [5.41, 5.74) is 0.396. The van der Waals surface area contributed by atoms with Gasteiger partial charge < -0.3 is 15.0 Å². The molecule has 10 heteroatoms. The number of benzene rings is 1. The molecule has 1 aromatic carbocycles. The third kappa shape index (κ3) is 4.33. The number of nitro benzene ring substituents is 1. The number of esters is 1. The first-order chi connectivity index (χ1) is 14.3. The third-order valence-corrected chi connectivity index (χ3v) is 6.12. The van der Waals surface area contributed by atoms with Crippen LogP contribution in [-0.4, -0.2) is 47.8 Å². The van der Waals surface area contributed by atoms with E-state index in [0.29, 0.717) is 23.5 Å². The Kier molecular flexibility index (Phi) is 6.46. The fourth-order valence-corrected chi connectivity index (χ4v) is 4.49. The molecule has 1 N–H and O–H groups in total. The second-order valence-electron chi connectivity index (χ2n) is 6.87. The number of piperidine rings is 1. The summed E-state index contributed by atoms with van der Waals surface area (Å²) in [5.74, 6) is -1.48. The summed E-state index contributed by atoms with van der Waals surface area (Å²) >= 11 is 1.01. The molecule has 2 heterocycles. The summed E-state index contributed by atoms with van der Waals surface area (Å²) in [5, 5.41) is 13.8. The van der Waals surface area contributed by atoms with Gasteiger partial charge in [0.25, 0.3) is 17.5 Å². The van der Waals surface area contributed by atoms with E-state index in [1.165, 1.54) is 25.3 Å². The lowest BCUT2D eigenvalue weighted by Gasteiger charge is -2.26. The van der Waals surface area contributed by atoms with E-state index in [4.69, 9.17) is 4.74 Å². The number of methoxy groups -OCH3 is 1. The molecule has 158 valence electrons. The predicted octanol–water partition coefficient (Wildman–Crippen LogP) is 3.63. The van der Waals surface area contributed by atoms with E-state index in [9.17, 15) is 24.5 Å². The van der Waals surface area contributed by atoms with Gasteiger partial charge in [-0.3, -0.25) is 19.7 Å². The van der Waals surface area contributed by atoms with Gasteiger partial charge in [-0.15, -0.1) is 11.3 Å². The maximum absolute atomic E-state index is 13.0. The Morgan fingerprint density at radius 3 is 2.53 bits per heavy atom. The van der Waals surface area contributed by atoms with Gasteiger partial charge in [0.2, 0.25) is 0 Å². The minimum Gasteiger partial charge on any atom is -0.465 e. The van der Waals surface area contributed by atoms with Crippen molar-refractivity contribution in [3.63, 3.8) is 0 Å². The van der Waals surface area contributed by atoms with Crippen molar-refractivity contribution in [1.82, 2.24) is 4.90 Å². The Hall–Kier alpha value is -3.27. The molecular formula is C20H21N3O6S. The van der Waals surface area contributed by atoms with Gasteiger partial charge in [-0.2, -0.15) is 0 Å². The highest BCUT2D eigenvalue weighted by molar-refractivity contribution is 7.18. The van der Waals surface area contributed by atoms with Crippen LogP contribution in [0.1, 0.15) is 55.2 Å². The minimum atomic E-state index is -0.671. The summed E-state index contributed by atoms with van der Waals surface area (Å²) < 4.78 is 4.84. The molecule has 2 aromatic rings. The van der Waals surface area contributed by atoms with Crippen molar-refractivity contribution in [3.8, 4) is 0 Å². The third-order valence-electron chi connectivity index (χ3n) is 4.92. The lowest BCUT2D eigenvalue weighted by molar-refractivity contribution is -0.384. The summed E-state index contributed by atoms with van der Waals surface area (Å²) in [7, 11) is 1.22. The first kappa shape index (κ1) is 21.4. The number of likely N-dealkylation sites (tertiary alicyclic amines) is 1. The minimum absolute atomic E-state index is 0.0648. The maximum atomic E-state index is 13.0. The fraction of sp³-hybridized carbons (Fsp3) is 0.350. The molecule has 1 saturated heterocycles. The van der Waals surface area contributed by atoms with Crippen LogP contribution in [0.3, 0.4) is 0 Å². The van der Waals surface area contributed by atoms with Crippen LogP contribution in [0, 0.1) is 17.0 Å². The highest BCUT2D eigenvalue weighted by Crippen LogP contribution is 2.35. The zero-order chi connectivity index (χ0) is 21.8. The van der Waals surface area contributed by atoms with Gasteiger partial charge in [0, 0.05) is 30.8 Å². The van der Waals surface area contributed by atoms with Gasteiger partial charge in [0.15, 0.2) is 0 Å². The number of hydrogen-bond donors (Lipinski definition) is 1.